The standard InChI is InChI=1S/C15H15NO.Cs/c1-11-7-8-12(2)14(9-11)16-10-13-5-3-4-6-15(13)17;/h3-10,17H,1-2H3;/q;+1. The van der Waals surface area contributed by atoms with Gasteiger partial charge in [0.1, 0.15) is 0 Å². The monoisotopic (exact) mass is 358 g/mol. The van der Waals surface area contributed by atoms with Crippen molar-refractivity contribution in [1.29, 1.82) is 0 Å². The van der Waals surface area contributed by atoms with Crippen molar-refractivity contribution in [3.05, 3.63) is 59.2 Å². The second-order valence-corrected chi connectivity index (χ2v) is 4.14. The Kier molecular flexibility index (Phi) is 6.70. The molecule has 0 atom stereocenters. The summed E-state index contributed by atoms with van der Waals surface area (Å²) in [7, 11) is 0. The maximum Gasteiger partial charge on any atom is 1.00 e. The largest absolute Gasteiger partial charge is 1.00 e. The normalized spacial score (nSPS) is 10.3. The summed E-state index contributed by atoms with van der Waals surface area (Å²) in [5.74, 6) is 0.0327. The molecule has 0 fully saturated rings. The van der Waals surface area contributed by atoms with E-state index in [0.717, 1.165) is 11.3 Å². The number of aryl methyl sites for hydroxylation is 2. The molecule has 0 amide bonds. The first-order valence-corrected chi connectivity index (χ1v) is 5.60. The molecule has 18 heavy (non-hydrogen) atoms. The van der Waals surface area contributed by atoms with Crippen LogP contribution < -0.4 is 79.0 Å². The van der Waals surface area contributed by atoms with E-state index in [4.69, 9.17) is 0 Å². The maximum absolute atomic E-state index is 11.5. The van der Waals surface area contributed by atoms with Gasteiger partial charge < -0.3 is 5.11 Å². The number of rotatable bonds is 2. The van der Waals surface area contributed by atoms with Gasteiger partial charge in [-0.2, -0.15) is 0 Å². The third kappa shape index (κ3) is 4.26. The van der Waals surface area contributed by atoms with E-state index >= 15 is 0 Å². The Hall–Kier alpha value is -0.0381. The van der Waals surface area contributed by atoms with Gasteiger partial charge in [0.2, 0.25) is 5.69 Å². The Balaban J connectivity index is 0.00000162. The van der Waals surface area contributed by atoms with Crippen LogP contribution in [0.2, 0.25) is 0 Å². The SMILES string of the molecule is Cc1ccc(C)c([NH+]=Cc2ccccc2[O-])c1.[Cs+]. The molecule has 0 heterocycles. The molecule has 3 heteroatoms. The maximum atomic E-state index is 11.5. The minimum Gasteiger partial charge on any atom is -0.872 e. The average Bonchev–Trinajstić information content (AvgIpc) is 2.32. The van der Waals surface area contributed by atoms with E-state index in [9.17, 15) is 5.11 Å². The molecule has 2 rings (SSSR count). The van der Waals surface area contributed by atoms with Gasteiger partial charge in [0.15, 0.2) is 6.21 Å². The minimum atomic E-state index is 0. The second-order valence-electron chi connectivity index (χ2n) is 4.14. The number of hydrogen-bond acceptors (Lipinski definition) is 1. The van der Waals surface area contributed by atoms with E-state index in [2.05, 4.69) is 23.2 Å². The molecular weight excluding hydrogens is 343 g/mol. The molecule has 0 bridgehead atoms. The molecule has 0 aromatic heterocycles. The zero-order valence-electron chi connectivity index (χ0n) is 11.0. The molecule has 2 aromatic carbocycles. The summed E-state index contributed by atoms with van der Waals surface area (Å²) in [5, 5.41) is 11.5. The first kappa shape index (κ1) is 16.0. The van der Waals surface area contributed by atoms with E-state index in [-0.39, 0.29) is 74.6 Å². The van der Waals surface area contributed by atoms with Gasteiger partial charge in [-0.05, 0) is 25.5 Å². The van der Waals surface area contributed by atoms with Crippen molar-refractivity contribution in [3.63, 3.8) is 0 Å². The van der Waals surface area contributed by atoms with E-state index in [1.54, 1.807) is 24.4 Å². The van der Waals surface area contributed by atoms with Crippen LogP contribution in [0.25, 0.3) is 0 Å². The minimum absolute atomic E-state index is 0. The summed E-state index contributed by atoms with van der Waals surface area (Å²) in [6.45, 7) is 4.09. The summed E-state index contributed by atoms with van der Waals surface area (Å²) in [5.41, 5.74) is 4.07. The molecule has 86 valence electrons. The quantitative estimate of drug-likeness (QED) is 0.633. The van der Waals surface area contributed by atoms with Crippen molar-refractivity contribution < 1.29 is 79.0 Å². The number of nitrogens with one attached hydrogen (secondary N) is 1. The molecule has 0 aliphatic carbocycles. The third-order valence-corrected chi connectivity index (χ3v) is 2.70. The molecule has 2 aromatic rings. The van der Waals surface area contributed by atoms with E-state index < -0.39 is 0 Å². The van der Waals surface area contributed by atoms with E-state index in [0.29, 0.717) is 5.56 Å². The van der Waals surface area contributed by atoms with E-state index in [1.807, 2.05) is 19.9 Å². The third-order valence-electron chi connectivity index (χ3n) is 2.70. The van der Waals surface area contributed by atoms with Gasteiger partial charge in [-0.15, -0.1) is 0 Å². The first-order valence-electron chi connectivity index (χ1n) is 5.60. The smallest absolute Gasteiger partial charge is 0.872 e. The molecule has 0 saturated heterocycles. The molecule has 0 unspecified atom stereocenters. The number of benzene rings is 2. The van der Waals surface area contributed by atoms with Crippen LogP contribution in [-0.2, 0) is 0 Å². The molecule has 0 aliphatic rings. The fourth-order valence-electron chi connectivity index (χ4n) is 1.65. The molecule has 1 N–H and O–H groups in total. The Bertz CT molecular complexity index is 564. The summed E-state index contributed by atoms with van der Waals surface area (Å²) in [6, 6.07) is 13.2. The van der Waals surface area contributed by atoms with Crippen LogP contribution in [0.5, 0.6) is 5.75 Å². The summed E-state index contributed by atoms with van der Waals surface area (Å²) < 4.78 is 0. The molecule has 2 nitrogen and oxygen atoms in total. The van der Waals surface area contributed by atoms with Crippen LogP contribution >= 0.6 is 0 Å². The molecular formula is C15H15CsNO+. The van der Waals surface area contributed by atoms with Crippen molar-refractivity contribution in [3.8, 4) is 5.75 Å². The number of para-hydroxylation sites is 1. The van der Waals surface area contributed by atoms with Gasteiger partial charge in [-0.3, -0.25) is 0 Å². The Morgan fingerprint density at radius 3 is 2.50 bits per heavy atom. The van der Waals surface area contributed by atoms with E-state index in [1.165, 1.54) is 5.56 Å². The average molecular weight is 358 g/mol. The summed E-state index contributed by atoms with van der Waals surface area (Å²) in [4.78, 5) is 3.19. The fraction of sp³-hybridized carbons (Fsp3) is 0.133. The van der Waals surface area contributed by atoms with Crippen LogP contribution in [0, 0.1) is 13.8 Å². The van der Waals surface area contributed by atoms with Gasteiger partial charge >= 0.3 is 68.9 Å². The first-order chi connectivity index (χ1) is 8.16. The van der Waals surface area contributed by atoms with Crippen LogP contribution in [0.1, 0.15) is 16.7 Å². The molecule has 0 aliphatic heterocycles. The van der Waals surface area contributed by atoms with Crippen molar-refractivity contribution >= 4 is 11.9 Å². The van der Waals surface area contributed by atoms with Crippen LogP contribution in [0.4, 0.5) is 5.69 Å². The van der Waals surface area contributed by atoms with Gasteiger partial charge in [0, 0.05) is 17.2 Å². The van der Waals surface area contributed by atoms with Crippen molar-refractivity contribution in [2.24, 2.45) is 0 Å². The Morgan fingerprint density at radius 1 is 1.06 bits per heavy atom. The van der Waals surface area contributed by atoms with Gasteiger partial charge in [-0.1, -0.05) is 36.1 Å². The molecule has 0 spiro atoms. The van der Waals surface area contributed by atoms with Gasteiger partial charge in [0.05, 0.1) is 0 Å². The van der Waals surface area contributed by atoms with Gasteiger partial charge in [-0.25, -0.2) is 4.99 Å². The second kappa shape index (κ2) is 7.53. The van der Waals surface area contributed by atoms with Crippen LogP contribution in [0.15, 0.2) is 42.5 Å². The van der Waals surface area contributed by atoms with Crippen molar-refractivity contribution in [1.82, 2.24) is 0 Å². The molecule has 0 radical (unpaired) electrons. The predicted molar refractivity (Wildman–Crippen MR) is 67.6 cm³/mol. The van der Waals surface area contributed by atoms with Crippen molar-refractivity contribution in [2.75, 3.05) is 0 Å². The Labute approximate surface area is 167 Å². The molecule has 0 saturated carbocycles. The van der Waals surface area contributed by atoms with Gasteiger partial charge in [0.25, 0.3) is 0 Å². The topological polar surface area (TPSA) is 37.0 Å². The number of hydrogen-bond donors (Lipinski definition) is 1. The predicted octanol–water partition coefficient (Wildman–Crippen LogP) is -1.79. The zero-order chi connectivity index (χ0) is 12.3. The van der Waals surface area contributed by atoms with Crippen LogP contribution in [0.3, 0.4) is 0 Å². The zero-order valence-corrected chi connectivity index (χ0v) is 17.3. The van der Waals surface area contributed by atoms with Crippen molar-refractivity contribution in [2.45, 2.75) is 13.8 Å². The summed E-state index contributed by atoms with van der Waals surface area (Å²) >= 11 is 0. The fourth-order valence-corrected chi connectivity index (χ4v) is 1.65. The Morgan fingerprint density at radius 2 is 1.78 bits per heavy atom. The summed E-state index contributed by atoms with van der Waals surface area (Å²) in [6.07, 6.45) is 1.75. The van der Waals surface area contributed by atoms with Crippen LogP contribution in [-0.4, -0.2) is 6.21 Å².